The van der Waals surface area contributed by atoms with Crippen molar-refractivity contribution in [3.05, 3.63) is 0 Å². The predicted octanol–water partition coefficient (Wildman–Crippen LogP) is -0.577. The average molecular weight is 263 g/mol. The van der Waals surface area contributed by atoms with Crippen molar-refractivity contribution in [3.63, 3.8) is 0 Å². The van der Waals surface area contributed by atoms with E-state index in [2.05, 4.69) is 4.72 Å². The normalized spacial score (nSPS) is 26.2. The first kappa shape index (κ1) is 13.2. The number of hydrogen-bond donors (Lipinski definition) is 2. The van der Waals surface area contributed by atoms with Crippen LogP contribution in [0.25, 0.3) is 0 Å². The molecule has 0 amide bonds. The molecule has 3 N–H and O–H groups in total. The maximum Gasteiger partial charge on any atom is 0.279 e. The van der Waals surface area contributed by atoms with E-state index >= 15 is 0 Å². The van der Waals surface area contributed by atoms with Gasteiger partial charge in [0.1, 0.15) is 0 Å². The largest absolute Gasteiger partial charge is 0.381 e. The van der Waals surface area contributed by atoms with Crippen molar-refractivity contribution in [1.29, 1.82) is 0 Å². The molecule has 0 aliphatic carbocycles. The Balaban J connectivity index is 1.89. The van der Waals surface area contributed by atoms with E-state index in [0.717, 1.165) is 25.7 Å². The van der Waals surface area contributed by atoms with Crippen LogP contribution in [0.15, 0.2) is 0 Å². The molecule has 2 fully saturated rings. The van der Waals surface area contributed by atoms with E-state index in [1.165, 1.54) is 4.31 Å². The van der Waals surface area contributed by atoms with Crippen molar-refractivity contribution >= 4 is 10.2 Å². The molecule has 0 spiro atoms. The van der Waals surface area contributed by atoms with E-state index in [1.54, 1.807) is 0 Å². The van der Waals surface area contributed by atoms with Gasteiger partial charge in [0.05, 0.1) is 0 Å². The zero-order chi connectivity index (χ0) is 12.3. The maximum absolute atomic E-state index is 12.1. The molecular formula is C10H21N3O3S. The summed E-state index contributed by atoms with van der Waals surface area (Å²) < 4.78 is 33.7. The van der Waals surface area contributed by atoms with Crippen molar-refractivity contribution < 1.29 is 13.2 Å². The molecule has 0 unspecified atom stereocenters. The van der Waals surface area contributed by atoms with Gasteiger partial charge in [-0.2, -0.15) is 17.4 Å². The Labute approximate surface area is 103 Å². The number of rotatable bonds is 3. The van der Waals surface area contributed by atoms with Crippen LogP contribution in [0.4, 0.5) is 0 Å². The van der Waals surface area contributed by atoms with Crippen LogP contribution in [-0.2, 0) is 14.9 Å². The second kappa shape index (κ2) is 5.62. The van der Waals surface area contributed by atoms with Gasteiger partial charge in [0.25, 0.3) is 10.2 Å². The van der Waals surface area contributed by atoms with Crippen LogP contribution < -0.4 is 10.5 Å². The van der Waals surface area contributed by atoms with Crippen LogP contribution in [0.2, 0.25) is 0 Å². The molecule has 100 valence electrons. The van der Waals surface area contributed by atoms with Gasteiger partial charge in [-0.05, 0) is 25.7 Å². The fourth-order valence-electron chi connectivity index (χ4n) is 2.22. The van der Waals surface area contributed by atoms with Crippen molar-refractivity contribution in [2.75, 3.05) is 26.3 Å². The average Bonchev–Trinajstić information content (AvgIpc) is 2.30. The summed E-state index contributed by atoms with van der Waals surface area (Å²) in [6.07, 6.45) is 3.00. The minimum Gasteiger partial charge on any atom is -0.381 e. The second-order valence-electron chi connectivity index (χ2n) is 4.75. The monoisotopic (exact) mass is 263 g/mol. The third-order valence-corrected chi connectivity index (χ3v) is 5.05. The van der Waals surface area contributed by atoms with E-state index in [-0.39, 0.29) is 12.1 Å². The van der Waals surface area contributed by atoms with Gasteiger partial charge in [-0.3, -0.25) is 0 Å². The van der Waals surface area contributed by atoms with Crippen molar-refractivity contribution in [2.45, 2.75) is 37.8 Å². The lowest BCUT2D eigenvalue weighted by atomic mass is 10.1. The van der Waals surface area contributed by atoms with E-state index in [0.29, 0.717) is 26.3 Å². The van der Waals surface area contributed by atoms with Gasteiger partial charge in [0.15, 0.2) is 0 Å². The molecule has 0 bridgehead atoms. The second-order valence-corrected chi connectivity index (χ2v) is 6.45. The van der Waals surface area contributed by atoms with Crippen LogP contribution in [0.3, 0.4) is 0 Å². The molecule has 0 saturated carbocycles. The quantitative estimate of drug-likeness (QED) is 0.713. The molecule has 7 heteroatoms. The fourth-order valence-corrected chi connectivity index (χ4v) is 3.71. The molecule has 2 saturated heterocycles. The first-order valence-corrected chi connectivity index (χ1v) is 7.62. The van der Waals surface area contributed by atoms with Crippen molar-refractivity contribution in [1.82, 2.24) is 9.03 Å². The van der Waals surface area contributed by atoms with E-state index in [9.17, 15) is 8.42 Å². The Kier molecular flexibility index (Phi) is 4.37. The summed E-state index contributed by atoms with van der Waals surface area (Å²) >= 11 is 0. The highest BCUT2D eigenvalue weighted by atomic mass is 32.2. The SMILES string of the molecule is NC1CCN(S(=O)(=O)NC2CCOCC2)CC1. The minimum absolute atomic E-state index is 0.0179. The van der Waals surface area contributed by atoms with Crippen LogP contribution in [0, 0.1) is 0 Å². The topological polar surface area (TPSA) is 84.7 Å². The molecule has 2 heterocycles. The zero-order valence-electron chi connectivity index (χ0n) is 9.97. The predicted molar refractivity (Wildman–Crippen MR) is 64.7 cm³/mol. The molecule has 6 nitrogen and oxygen atoms in total. The fraction of sp³-hybridized carbons (Fsp3) is 1.00. The number of nitrogens with zero attached hydrogens (tertiary/aromatic N) is 1. The maximum atomic E-state index is 12.1. The number of piperidine rings is 1. The van der Waals surface area contributed by atoms with Gasteiger partial charge < -0.3 is 10.5 Å². The first-order chi connectivity index (χ1) is 8.08. The highest BCUT2D eigenvalue weighted by molar-refractivity contribution is 7.87. The van der Waals surface area contributed by atoms with Crippen molar-refractivity contribution in [2.24, 2.45) is 5.73 Å². The molecule has 0 radical (unpaired) electrons. The highest BCUT2D eigenvalue weighted by Gasteiger charge is 2.29. The molecule has 0 aromatic heterocycles. The van der Waals surface area contributed by atoms with Crippen LogP contribution in [-0.4, -0.2) is 51.1 Å². The third kappa shape index (κ3) is 3.62. The van der Waals surface area contributed by atoms with Crippen LogP contribution in [0.5, 0.6) is 0 Å². The molecule has 17 heavy (non-hydrogen) atoms. The smallest absolute Gasteiger partial charge is 0.279 e. The zero-order valence-corrected chi connectivity index (χ0v) is 10.8. The molecule has 0 atom stereocenters. The Hall–Kier alpha value is -0.210. The summed E-state index contributed by atoms with van der Waals surface area (Å²) in [5.74, 6) is 0. The molecule has 2 rings (SSSR count). The van der Waals surface area contributed by atoms with Gasteiger partial charge in [-0.1, -0.05) is 0 Å². The molecule has 2 aliphatic heterocycles. The van der Waals surface area contributed by atoms with Crippen LogP contribution in [0.1, 0.15) is 25.7 Å². The van der Waals surface area contributed by atoms with Gasteiger partial charge in [0, 0.05) is 38.4 Å². The Morgan fingerprint density at radius 2 is 1.71 bits per heavy atom. The highest BCUT2D eigenvalue weighted by Crippen LogP contribution is 2.14. The van der Waals surface area contributed by atoms with Crippen molar-refractivity contribution in [3.8, 4) is 0 Å². The first-order valence-electron chi connectivity index (χ1n) is 6.18. The summed E-state index contributed by atoms with van der Waals surface area (Å²) in [6.45, 7) is 2.33. The Morgan fingerprint density at radius 3 is 2.29 bits per heavy atom. The lowest BCUT2D eigenvalue weighted by Crippen LogP contribution is -2.51. The summed E-state index contributed by atoms with van der Waals surface area (Å²) in [6, 6.07) is 0.161. The number of nitrogens with two attached hydrogens (primary N) is 1. The van der Waals surface area contributed by atoms with E-state index < -0.39 is 10.2 Å². The number of ether oxygens (including phenoxy) is 1. The van der Waals surface area contributed by atoms with Gasteiger partial charge >= 0.3 is 0 Å². The van der Waals surface area contributed by atoms with E-state index in [4.69, 9.17) is 10.5 Å². The third-order valence-electron chi connectivity index (χ3n) is 3.38. The standard InChI is InChI=1S/C10H21N3O3S/c11-9-1-5-13(6-2-9)17(14,15)12-10-3-7-16-8-4-10/h9-10,12H,1-8,11H2. The number of nitrogens with one attached hydrogen (secondary N) is 1. The summed E-state index contributed by atoms with van der Waals surface area (Å²) in [5.41, 5.74) is 5.77. The Bertz CT molecular complexity index is 333. The Morgan fingerprint density at radius 1 is 1.12 bits per heavy atom. The molecular weight excluding hydrogens is 242 g/mol. The van der Waals surface area contributed by atoms with Crippen LogP contribution >= 0.6 is 0 Å². The molecule has 0 aromatic rings. The minimum atomic E-state index is -3.33. The number of hydrogen-bond acceptors (Lipinski definition) is 4. The summed E-state index contributed by atoms with van der Waals surface area (Å²) in [4.78, 5) is 0. The summed E-state index contributed by atoms with van der Waals surface area (Å²) in [7, 11) is -3.33. The van der Waals surface area contributed by atoms with E-state index in [1.807, 2.05) is 0 Å². The summed E-state index contributed by atoms with van der Waals surface area (Å²) in [5, 5.41) is 0. The lowest BCUT2D eigenvalue weighted by Gasteiger charge is -2.31. The van der Waals surface area contributed by atoms with Gasteiger partial charge in [-0.15, -0.1) is 0 Å². The molecule has 0 aromatic carbocycles. The van der Waals surface area contributed by atoms with Gasteiger partial charge in [0.2, 0.25) is 0 Å². The lowest BCUT2D eigenvalue weighted by molar-refractivity contribution is 0.0827. The van der Waals surface area contributed by atoms with Gasteiger partial charge in [-0.25, -0.2) is 0 Å². The molecule has 2 aliphatic rings.